The van der Waals surface area contributed by atoms with Gasteiger partial charge in [0.25, 0.3) is 0 Å². The quantitative estimate of drug-likeness (QED) is 0.381. The summed E-state index contributed by atoms with van der Waals surface area (Å²) in [6.07, 6.45) is -12.6. The van der Waals surface area contributed by atoms with Crippen molar-refractivity contribution in [1.82, 2.24) is 0 Å². The average molecular weight is 352 g/mol. The van der Waals surface area contributed by atoms with E-state index in [9.17, 15) is 48.7 Å². The molecular formula is C9H6F10O3. The fourth-order valence-corrected chi connectivity index (χ4v) is 0.707. The first kappa shape index (κ1) is 20.5. The molecule has 0 spiro atoms. The van der Waals surface area contributed by atoms with Gasteiger partial charge in [-0.25, -0.2) is 13.9 Å². The Morgan fingerprint density at radius 1 is 0.909 bits per heavy atom. The van der Waals surface area contributed by atoms with E-state index in [4.69, 9.17) is 0 Å². The van der Waals surface area contributed by atoms with Gasteiger partial charge in [-0.2, -0.15) is 39.5 Å². The van der Waals surface area contributed by atoms with Crippen molar-refractivity contribution < 1.29 is 58.2 Å². The van der Waals surface area contributed by atoms with E-state index in [-0.39, 0.29) is 0 Å². The lowest BCUT2D eigenvalue weighted by Crippen LogP contribution is -2.55. The van der Waals surface area contributed by atoms with Crippen LogP contribution in [-0.4, -0.2) is 43.3 Å². The van der Waals surface area contributed by atoms with Crippen LogP contribution in [0.2, 0.25) is 0 Å². The van der Waals surface area contributed by atoms with Crippen LogP contribution >= 0.6 is 0 Å². The molecule has 22 heavy (non-hydrogen) atoms. The Morgan fingerprint density at radius 3 is 1.68 bits per heavy atom. The molecule has 0 aromatic rings. The van der Waals surface area contributed by atoms with E-state index in [1.807, 2.05) is 4.74 Å². The molecule has 0 fully saturated rings. The van der Waals surface area contributed by atoms with Gasteiger partial charge < -0.3 is 4.74 Å². The highest BCUT2D eigenvalue weighted by atomic mass is 19.3. The maximum atomic E-state index is 12.9. The number of esters is 1. The Kier molecular flexibility index (Phi) is 5.86. The van der Waals surface area contributed by atoms with Gasteiger partial charge in [-0.05, 0) is 0 Å². The lowest BCUT2D eigenvalue weighted by atomic mass is 10.3. The number of hydrogen-bond donors (Lipinski definition) is 0. The fraction of sp³-hybridized carbons (Fsp3) is 0.667. The van der Waals surface area contributed by atoms with Gasteiger partial charge in [0, 0.05) is 0 Å². The normalized spacial score (nSPS) is 13.9. The van der Waals surface area contributed by atoms with Crippen molar-refractivity contribution in [2.45, 2.75) is 24.1 Å². The van der Waals surface area contributed by atoms with Crippen LogP contribution < -0.4 is 0 Å². The summed E-state index contributed by atoms with van der Waals surface area (Å²) < 4.78 is 130. The van der Waals surface area contributed by atoms with Gasteiger partial charge in [-0.15, -0.1) is 0 Å². The summed E-state index contributed by atoms with van der Waals surface area (Å²) in [6.45, 7) is -3.62. The molecule has 0 aliphatic heterocycles. The standard InChI is InChI=1S/C9H6F10O3/c1-4(11)5(20)21-3-7(14,15)9(18,19)22-8(16,17)6(12,13)2-10/h1-3H2. The first-order chi connectivity index (χ1) is 9.59. The van der Waals surface area contributed by atoms with Crippen LogP contribution in [0.1, 0.15) is 0 Å². The van der Waals surface area contributed by atoms with E-state index in [1.54, 1.807) is 0 Å². The molecule has 0 N–H and O–H groups in total. The molecule has 0 radical (unpaired) electrons. The van der Waals surface area contributed by atoms with Crippen LogP contribution in [-0.2, 0) is 14.3 Å². The molecule has 3 nitrogen and oxygen atoms in total. The van der Waals surface area contributed by atoms with Crippen LogP contribution in [0.5, 0.6) is 0 Å². The van der Waals surface area contributed by atoms with Crippen LogP contribution in [0.4, 0.5) is 43.9 Å². The molecule has 0 aliphatic rings. The van der Waals surface area contributed by atoms with Gasteiger partial charge in [0.1, 0.15) is 0 Å². The third-order valence-electron chi connectivity index (χ3n) is 1.88. The fourth-order valence-electron chi connectivity index (χ4n) is 0.707. The summed E-state index contributed by atoms with van der Waals surface area (Å²) in [4.78, 5) is 10.4. The molecule has 0 saturated heterocycles. The summed E-state index contributed by atoms with van der Waals surface area (Å²) in [5.74, 6) is -15.8. The second-order valence-electron chi connectivity index (χ2n) is 3.66. The third-order valence-corrected chi connectivity index (χ3v) is 1.88. The molecule has 0 unspecified atom stereocenters. The van der Waals surface area contributed by atoms with Crippen molar-refractivity contribution in [3.63, 3.8) is 0 Å². The van der Waals surface area contributed by atoms with E-state index in [0.29, 0.717) is 0 Å². The van der Waals surface area contributed by atoms with Gasteiger partial charge in [0.05, 0.1) is 0 Å². The summed E-state index contributed by atoms with van der Waals surface area (Å²) in [5, 5.41) is 0. The predicted octanol–water partition coefficient (Wildman–Crippen LogP) is 3.46. The lowest BCUT2D eigenvalue weighted by Gasteiger charge is -2.31. The molecule has 0 aromatic carbocycles. The van der Waals surface area contributed by atoms with Gasteiger partial charge in [-0.1, -0.05) is 6.58 Å². The second kappa shape index (κ2) is 6.30. The smallest absolute Gasteiger partial charge is 0.427 e. The SMILES string of the molecule is C=C(F)C(=O)OCC(F)(F)C(F)(F)OC(F)(F)C(F)(F)CF. The molecule has 130 valence electrons. The zero-order valence-corrected chi connectivity index (χ0v) is 10.1. The number of ether oxygens (including phenoxy) is 2. The molecule has 0 aliphatic carbocycles. The maximum Gasteiger partial charge on any atom is 0.427 e. The van der Waals surface area contributed by atoms with E-state index in [0.717, 1.165) is 0 Å². The van der Waals surface area contributed by atoms with Gasteiger partial charge in [-0.3, -0.25) is 0 Å². The molecular weight excluding hydrogens is 346 g/mol. The van der Waals surface area contributed by atoms with Crippen molar-refractivity contribution in [2.75, 3.05) is 13.3 Å². The summed E-state index contributed by atoms with van der Waals surface area (Å²) in [5.41, 5.74) is 0. The number of hydrogen-bond acceptors (Lipinski definition) is 3. The molecule has 13 heteroatoms. The van der Waals surface area contributed by atoms with Gasteiger partial charge >= 0.3 is 30.0 Å². The van der Waals surface area contributed by atoms with Gasteiger partial charge in [0.2, 0.25) is 5.83 Å². The minimum atomic E-state index is -6.30. The highest BCUT2D eigenvalue weighted by molar-refractivity contribution is 5.85. The first-order valence-corrected chi connectivity index (χ1v) is 4.88. The van der Waals surface area contributed by atoms with Crippen LogP contribution in [0.3, 0.4) is 0 Å². The monoisotopic (exact) mass is 352 g/mol. The molecule has 0 amide bonds. The maximum absolute atomic E-state index is 12.9. The van der Waals surface area contributed by atoms with Gasteiger partial charge in [0.15, 0.2) is 13.3 Å². The number of alkyl halides is 9. The molecule has 0 saturated carbocycles. The minimum Gasteiger partial charge on any atom is -0.454 e. The zero-order chi connectivity index (χ0) is 18.0. The number of carbonyl (C=O) groups is 1. The zero-order valence-electron chi connectivity index (χ0n) is 10.1. The van der Waals surface area contributed by atoms with Crippen LogP contribution in [0.15, 0.2) is 12.4 Å². The highest BCUT2D eigenvalue weighted by Gasteiger charge is 2.69. The predicted molar refractivity (Wildman–Crippen MR) is 48.1 cm³/mol. The van der Waals surface area contributed by atoms with E-state index >= 15 is 0 Å². The Bertz CT molecular complexity index is 433. The number of carbonyl (C=O) groups excluding carboxylic acids is 1. The van der Waals surface area contributed by atoms with Crippen molar-refractivity contribution in [3.8, 4) is 0 Å². The van der Waals surface area contributed by atoms with E-state index in [1.165, 1.54) is 0 Å². The highest BCUT2D eigenvalue weighted by Crippen LogP contribution is 2.45. The molecule has 0 aromatic heterocycles. The second-order valence-corrected chi connectivity index (χ2v) is 3.66. The minimum absolute atomic E-state index is 1.98. The largest absolute Gasteiger partial charge is 0.454 e. The topological polar surface area (TPSA) is 35.5 Å². The van der Waals surface area contributed by atoms with Crippen molar-refractivity contribution >= 4 is 5.97 Å². The molecule has 0 rings (SSSR count). The van der Waals surface area contributed by atoms with Crippen LogP contribution in [0, 0.1) is 0 Å². The van der Waals surface area contributed by atoms with E-state index < -0.39 is 49.1 Å². The Morgan fingerprint density at radius 2 is 1.32 bits per heavy atom. The third kappa shape index (κ3) is 4.48. The summed E-state index contributed by atoms with van der Waals surface area (Å²) >= 11 is 0. The lowest BCUT2D eigenvalue weighted by molar-refractivity contribution is -0.469. The Balaban J connectivity index is 5.12. The first-order valence-electron chi connectivity index (χ1n) is 4.88. The van der Waals surface area contributed by atoms with Crippen molar-refractivity contribution in [3.05, 3.63) is 12.4 Å². The van der Waals surface area contributed by atoms with Crippen molar-refractivity contribution in [1.29, 1.82) is 0 Å². The number of rotatable bonds is 8. The van der Waals surface area contributed by atoms with Crippen LogP contribution in [0.25, 0.3) is 0 Å². The Hall–Kier alpha value is -1.53. The summed E-state index contributed by atoms with van der Waals surface area (Å²) in [6, 6.07) is 0. The number of halogens is 10. The Labute approximate surface area is 115 Å². The van der Waals surface area contributed by atoms with E-state index in [2.05, 4.69) is 11.3 Å². The molecule has 0 bridgehead atoms. The molecule has 0 atom stereocenters. The summed E-state index contributed by atoms with van der Waals surface area (Å²) in [7, 11) is 0. The molecule has 0 heterocycles. The average Bonchev–Trinajstić information content (AvgIpc) is 2.33. The van der Waals surface area contributed by atoms with Crippen molar-refractivity contribution in [2.24, 2.45) is 0 Å².